The SMILES string of the molecule is Fc1ccc(-c2cc(-c3nc(-c4ccccc4)nc(-c4ccccc4)n3)ccc2-n2c3ccccc3c3cc4sc5ccccc5c4cc32)cc1. The first-order chi connectivity index (χ1) is 25.2. The monoisotopic (exact) mass is 674 g/mol. The lowest BCUT2D eigenvalue weighted by Crippen LogP contribution is -2.02. The molecule has 0 atom stereocenters. The molecule has 0 unspecified atom stereocenters. The van der Waals surface area contributed by atoms with Crippen LogP contribution in [0.25, 0.3) is 93.0 Å². The zero-order chi connectivity index (χ0) is 33.9. The summed E-state index contributed by atoms with van der Waals surface area (Å²) >= 11 is 1.83. The van der Waals surface area contributed by atoms with Gasteiger partial charge in [-0.15, -0.1) is 11.3 Å². The van der Waals surface area contributed by atoms with Gasteiger partial charge < -0.3 is 4.57 Å². The van der Waals surface area contributed by atoms with Gasteiger partial charge in [0.15, 0.2) is 17.5 Å². The zero-order valence-electron chi connectivity index (χ0n) is 27.2. The number of thiophene rings is 1. The second-order valence-electron chi connectivity index (χ2n) is 12.6. The van der Waals surface area contributed by atoms with Gasteiger partial charge in [0.25, 0.3) is 0 Å². The van der Waals surface area contributed by atoms with Gasteiger partial charge in [0.1, 0.15) is 5.82 Å². The molecule has 0 radical (unpaired) electrons. The van der Waals surface area contributed by atoms with Crippen molar-refractivity contribution in [1.82, 2.24) is 19.5 Å². The molecule has 3 aromatic heterocycles. The average molecular weight is 675 g/mol. The predicted molar refractivity (Wildman–Crippen MR) is 209 cm³/mol. The summed E-state index contributed by atoms with van der Waals surface area (Å²) in [6, 6.07) is 54.8. The van der Waals surface area contributed by atoms with E-state index in [9.17, 15) is 4.39 Å². The Labute approximate surface area is 296 Å². The second-order valence-corrected chi connectivity index (χ2v) is 13.7. The Morgan fingerprint density at radius 3 is 1.71 bits per heavy atom. The van der Waals surface area contributed by atoms with Crippen LogP contribution in [0.15, 0.2) is 164 Å². The third-order valence-electron chi connectivity index (χ3n) is 9.52. The molecule has 6 heteroatoms. The Balaban J connectivity index is 1.25. The summed E-state index contributed by atoms with van der Waals surface area (Å²) < 4.78 is 19.2. The van der Waals surface area contributed by atoms with Crippen LogP contribution in [0.4, 0.5) is 4.39 Å². The number of hydrogen-bond donors (Lipinski definition) is 0. The van der Waals surface area contributed by atoms with Crippen LogP contribution >= 0.6 is 11.3 Å². The molecule has 10 rings (SSSR count). The van der Waals surface area contributed by atoms with Crippen molar-refractivity contribution in [3.8, 4) is 51.0 Å². The van der Waals surface area contributed by atoms with Crippen LogP contribution in [0.3, 0.4) is 0 Å². The summed E-state index contributed by atoms with van der Waals surface area (Å²) in [5.74, 6) is 1.48. The Bertz CT molecular complexity index is 2860. The molecule has 0 aliphatic heterocycles. The van der Waals surface area contributed by atoms with E-state index in [0.717, 1.165) is 44.5 Å². The summed E-state index contributed by atoms with van der Waals surface area (Å²) in [7, 11) is 0. The van der Waals surface area contributed by atoms with E-state index >= 15 is 0 Å². The first-order valence-electron chi connectivity index (χ1n) is 16.8. The van der Waals surface area contributed by atoms with Crippen LogP contribution in [-0.2, 0) is 0 Å². The van der Waals surface area contributed by atoms with E-state index in [-0.39, 0.29) is 5.82 Å². The molecule has 0 aliphatic carbocycles. The maximum absolute atomic E-state index is 14.4. The summed E-state index contributed by atoms with van der Waals surface area (Å²) in [6.07, 6.45) is 0. The number of fused-ring (bicyclic) bond motifs is 6. The highest BCUT2D eigenvalue weighted by molar-refractivity contribution is 7.25. The van der Waals surface area contributed by atoms with Crippen molar-refractivity contribution >= 4 is 53.3 Å². The first kappa shape index (κ1) is 29.4. The van der Waals surface area contributed by atoms with E-state index in [0.29, 0.717) is 17.5 Å². The Kier molecular flexibility index (Phi) is 6.82. The highest BCUT2D eigenvalue weighted by Crippen LogP contribution is 2.42. The van der Waals surface area contributed by atoms with E-state index < -0.39 is 0 Å². The van der Waals surface area contributed by atoms with E-state index in [4.69, 9.17) is 15.0 Å². The summed E-state index contributed by atoms with van der Waals surface area (Å²) in [5, 5.41) is 4.86. The number of aromatic nitrogens is 4. The Morgan fingerprint density at radius 2 is 1.00 bits per heavy atom. The minimum Gasteiger partial charge on any atom is -0.309 e. The van der Waals surface area contributed by atoms with Gasteiger partial charge in [0, 0.05) is 53.2 Å². The number of rotatable bonds is 5. The quantitative estimate of drug-likeness (QED) is 0.182. The van der Waals surface area contributed by atoms with Crippen molar-refractivity contribution in [3.05, 3.63) is 170 Å². The lowest BCUT2D eigenvalue weighted by atomic mass is 9.99. The van der Waals surface area contributed by atoms with E-state index in [2.05, 4.69) is 83.4 Å². The number of benzene rings is 7. The summed E-state index contributed by atoms with van der Waals surface area (Å²) in [6.45, 7) is 0. The summed E-state index contributed by atoms with van der Waals surface area (Å²) in [4.78, 5) is 14.9. The minimum absolute atomic E-state index is 0.280. The molecule has 0 aliphatic rings. The largest absolute Gasteiger partial charge is 0.309 e. The Hall–Kier alpha value is -6.50. The zero-order valence-corrected chi connectivity index (χ0v) is 28.0. The van der Waals surface area contributed by atoms with Crippen LogP contribution in [0, 0.1) is 5.82 Å². The van der Waals surface area contributed by atoms with Crippen LogP contribution in [0.5, 0.6) is 0 Å². The summed E-state index contributed by atoms with van der Waals surface area (Å²) in [5.41, 5.74) is 7.68. The number of hydrogen-bond acceptors (Lipinski definition) is 4. The number of halogens is 1. The standard InChI is InChI=1S/C45H27FN4S/c46-32-22-19-28(20-23-32)35-25-31(45-48-43(29-11-3-1-4-12-29)47-44(49-45)30-13-5-2-6-14-30)21-24-39(35)50-38-17-9-7-15-33(38)36-27-42-37(26-40(36)50)34-16-8-10-18-41(34)51-42/h1-27H. The van der Waals surface area contributed by atoms with Crippen LogP contribution in [0.2, 0.25) is 0 Å². The molecule has 7 aromatic carbocycles. The van der Waals surface area contributed by atoms with E-state index in [1.807, 2.05) is 84.1 Å². The molecule has 0 saturated heterocycles. The predicted octanol–water partition coefficient (Wildman–Crippen LogP) is 12.1. The van der Waals surface area contributed by atoms with Crippen molar-refractivity contribution in [2.75, 3.05) is 0 Å². The van der Waals surface area contributed by atoms with Gasteiger partial charge in [-0.1, -0.05) is 109 Å². The lowest BCUT2D eigenvalue weighted by molar-refractivity contribution is 0.628. The van der Waals surface area contributed by atoms with Crippen molar-refractivity contribution in [1.29, 1.82) is 0 Å². The maximum atomic E-state index is 14.4. The highest BCUT2D eigenvalue weighted by Gasteiger charge is 2.20. The molecule has 4 nitrogen and oxygen atoms in total. The molecular formula is C45H27FN4S. The number of nitrogens with zero attached hydrogens (tertiary/aromatic N) is 4. The third kappa shape index (κ3) is 4.99. The van der Waals surface area contributed by atoms with Gasteiger partial charge in [-0.25, -0.2) is 19.3 Å². The molecule has 0 spiro atoms. The van der Waals surface area contributed by atoms with Gasteiger partial charge >= 0.3 is 0 Å². The van der Waals surface area contributed by atoms with Crippen molar-refractivity contribution < 1.29 is 4.39 Å². The molecule has 0 fully saturated rings. The number of para-hydroxylation sites is 1. The molecule has 51 heavy (non-hydrogen) atoms. The second kappa shape index (κ2) is 11.8. The normalized spacial score (nSPS) is 11.6. The van der Waals surface area contributed by atoms with Gasteiger partial charge in [0.2, 0.25) is 0 Å². The molecule has 10 aromatic rings. The Morgan fingerprint density at radius 1 is 0.412 bits per heavy atom. The maximum Gasteiger partial charge on any atom is 0.164 e. The first-order valence-corrected chi connectivity index (χ1v) is 17.6. The van der Waals surface area contributed by atoms with E-state index in [1.54, 1.807) is 0 Å². The topological polar surface area (TPSA) is 43.6 Å². The van der Waals surface area contributed by atoms with Crippen LogP contribution < -0.4 is 0 Å². The van der Waals surface area contributed by atoms with Crippen molar-refractivity contribution in [2.24, 2.45) is 0 Å². The molecule has 0 saturated carbocycles. The lowest BCUT2D eigenvalue weighted by Gasteiger charge is -2.16. The van der Waals surface area contributed by atoms with Crippen molar-refractivity contribution in [2.45, 2.75) is 0 Å². The molecule has 240 valence electrons. The van der Waals surface area contributed by atoms with Gasteiger partial charge in [-0.05, 0) is 60.2 Å². The molecule has 0 bridgehead atoms. The van der Waals surface area contributed by atoms with Gasteiger partial charge in [-0.2, -0.15) is 0 Å². The van der Waals surface area contributed by atoms with Crippen molar-refractivity contribution in [3.63, 3.8) is 0 Å². The highest BCUT2D eigenvalue weighted by atomic mass is 32.1. The van der Waals surface area contributed by atoms with Crippen LogP contribution in [0.1, 0.15) is 0 Å². The van der Waals surface area contributed by atoms with Gasteiger partial charge in [-0.3, -0.25) is 0 Å². The molecule has 0 amide bonds. The van der Waals surface area contributed by atoms with Gasteiger partial charge in [0.05, 0.1) is 16.7 Å². The molecule has 3 heterocycles. The van der Waals surface area contributed by atoms with E-state index in [1.165, 1.54) is 43.1 Å². The molecular weight excluding hydrogens is 648 g/mol. The fourth-order valence-corrected chi connectivity index (χ4v) is 8.24. The smallest absolute Gasteiger partial charge is 0.164 e. The molecule has 0 N–H and O–H groups in total. The average Bonchev–Trinajstić information content (AvgIpc) is 3.72. The third-order valence-corrected chi connectivity index (χ3v) is 10.7. The fourth-order valence-electron chi connectivity index (χ4n) is 7.11. The fraction of sp³-hybridized carbons (Fsp3) is 0. The van der Waals surface area contributed by atoms with Crippen LogP contribution in [-0.4, -0.2) is 19.5 Å². The minimum atomic E-state index is -0.280.